The molecule has 0 heterocycles. The van der Waals surface area contributed by atoms with Crippen LogP contribution < -0.4 is 5.11 Å². The molecule has 0 aromatic heterocycles. The first-order chi connectivity index (χ1) is 7.73. The predicted molar refractivity (Wildman–Crippen MR) is 47.1 cm³/mol. The van der Waals surface area contributed by atoms with Crippen molar-refractivity contribution in [2.45, 2.75) is 30.5 Å². The summed E-state index contributed by atoms with van der Waals surface area (Å²) in [6.45, 7) is -1.12. The van der Waals surface area contributed by atoms with Crippen molar-refractivity contribution in [2.24, 2.45) is 0 Å². The fourth-order valence-corrected chi connectivity index (χ4v) is 0.999. The number of carbonyl (C=O) groups is 2. The van der Waals surface area contributed by atoms with Gasteiger partial charge in [-0.15, -0.1) is 0 Å². The molecular weight excluding hydrogens is 240 g/mol. The molecule has 0 spiro atoms. The molecule has 0 saturated heterocycles. The van der Waals surface area contributed by atoms with Crippen LogP contribution in [0.3, 0.4) is 0 Å². The molecule has 9 nitrogen and oxygen atoms in total. The van der Waals surface area contributed by atoms with Crippen LogP contribution >= 0.6 is 0 Å². The maximum Gasteiger partial charge on any atom is 0.189 e. The third-order valence-electron chi connectivity index (χ3n) is 2.07. The lowest BCUT2D eigenvalue weighted by molar-refractivity contribution is -0.320. The Morgan fingerprint density at radius 2 is 1.29 bits per heavy atom. The molecular formula is C8H13O9-. The number of carboxylic acid groups (broad SMARTS) is 1. The fraction of sp³-hybridized carbons (Fsp3) is 0.750. The minimum Gasteiger partial charge on any atom is -0.547 e. The van der Waals surface area contributed by atoms with E-state index < -0.39 is 48.9 Å². The summed E-state index contributed by atoms with van der Waals surface area (Å²) in [5.41, 5.74) is 0. The minimum absolute atomic E-state index is 1.12. The number of aliphatic hydroxyl groups is 6. The molecule has 0 aromatic carbocycles. The molecule has 0 amide bonds. The number of Topliss-reactive ketones (excluding diaryl/α,β-unsaturated/α-hetero) is 1. The quantitative estimate of drug-likeness (QED) is 0.257. The number of aliphatic hydroxyl groups excluding tert-OH is 6. The smallest absolute Gasteiger partial charge is 0.189 e. The number of hydrogen-bond acceptors (Lipinski definition) is 9. The zero-order chi connectivity index (χ0) is 13.7. The molecule has 0 aliphatic carbocycles. The highest BCUT2D eigenvalue weighted by Gasteiger charge is 2.37. The summed E-state index contributed by atoms with van der Waals surface area (Å²) < 4.78 is 0. The number of rotatable bonds is 7. The lowest BCUT2D eigenvalue weighted by atomic mass is 9.97. The summed E-state index contributed by atoms with van der Waals surface area (Å²) in [5, 5.41) is 63.8. The standard InChI is InChI=1S/C8H14O9/c9-1-2(10)3(11)4(12)5(13)6(14)7(15)8(16)17/h3-7,9,11-15H,1H2,(H,16,17)/p-1/t3-,4+,5+,6-,7-/m1/s1. The van der Waals surface area contributed by atoms with Crippen molar-refractivity contribution in [1.82, 2.24) is 0 Å². The second-order valence-corrected chi connectivity index (χ2v) is 3.30. The van der Waals surface area contributed by atoms with Gasteiger partial charge < -0.3 is 40.5 Å². The molecule has 6 N–H and O–H groups in total. The number of carboxylic acids is 1. The first-order valence-corrected chi connectivity index (χ1v) is 4.48. The van der Waals surface area contributed by atoms with Gasteiger partial charge in [-0.05, 0) is 0 Å². The van der Waals surface area contributed by atoms with E-state index in [4.69, 9.17) is 20.4 Å². The molecule has 17 heavy (non-hydrogen) atoms. The van der Waals surface area contributed by atoms with Crippen molar-refractivity contribution in [3.8, 4) is 0 Å². The van der Waals surface area contributed by atoms with Crippen LogP contribution in [0.5, 0.6) is 0 Å². The van der Waals surface area contributed by atoms with E-state index in [1.165, 1.54) is 0 Å². The minimum atomic E-state index is -2.50. The van der Waals surface area contributed by atoms with Crippen LogP contribution in [0.15, 0.2) is 0 Å². The van der Waals surface area contributed by atoms with Gasteiger partial charge in [0.25, 0.3) is 0 Å². The molecule has 0 radical (unpaired) electrons. The van der Waals surface area contributed by atoms with Crippen molar-refractivity contribution in [2.75, 3.05) is 6.61 Å². The Hall–Kier alpha value is -1.10. The second kappa shape index (κ2) is 6.59. The highest BCUT2D eigenvalue weighted by molar-refractivity contribution is 5.84. The highest BCUT2D eigenvalue weighted by Crippen LogP contribution is 2.09. The SMILES string of the molecule is O=C(CO)[C@@H](O)[C@H](O)[C@H](O)[C@@H](O)[C@@H](O)C(=O)[O-]. The average molecular weight is 253 g/mol. The normalized spacial score (nSPS) is 20.1. The first-order valence-electron chi connectivity index (χ1n) is 4.48. The van der Waals surface area contributed by atoms with E-state index in [2.05, 4.69) is 0 Å². The van der Waals surface area contributed by atoms with Gasteiger partial charge >= 0.3 is 0 Å². The Labute approximate surface area is 95.2 Å². The molecule has 0 aliphatic heterocycles. The summed E-state index contributed by atoms with van der Waals surface area (Å²) in [6, 6.07) is 0. The summed E-state index contributed by atoms with van der Waals surface area (Å²) in [6.07, 6.45) is -11.7. The molecule has 0 fully saturated rings. The van der Waals surface area contributed by atoms with Crippen LogP contribution in [0.4, 0.5) is 0 Å². The van der Waals surface area contributed by atoms with Gasteiger partial charge in [-0.2, -0.15) is 0 Å². The molecule has 0 saturated carbocycles. The second-order valence-electron chi connectivity index (χ2n) is 3.30. The van der Waals surface area contributed by atoms with E-state index in [1.54, 1.807) is 0 Å². The van der Waals surface area contributed by atoms with E-state index in [0.29, 0.717) is 0 Å². The van der Waals surface area contributed by atoms with E-state index in [-0.39, 0.29) is 0 Å². The molecule has 0 rings (SSSR count). The van der Waals surface area contributed by atoms with Gasteiger partial charge in [0.2, 0.25) is 0 Å². The number of hydrogen-bond donors (Lipinski definition) is 6. The van der Waals surface area contributed by atoms with Gasteiger partial charge in [0.15, 0.2) is 5.78 Å². The van der Waals surface area contributed by atoms with Crippen LogP contribution in [0.1, 0.15) is 0 Å². The number of aliphatic carboxylic acids is 1. The van der Waals surface area contributed by atoms with Crippen molar-refractivity contribution in [3.63, 3.8) is 0 Å². The number of ketones is 1. The molecule has 0 aromatic rings. The Morgan fingerprint density at radius 3 is 1.65 bits per heavy atom. The Bertz CT molecular complexity index is 278. The first kappa shape index (κ1) is 15.9. The van der Waals surface area contributed by atoms with Crippen LogP contribution in [-0.4, -0.2) is 79.5 Å². The monoisotopic (exact) mass is 253 g/mol. The van der Waals surface area contributed by atoms with Gasteiger partial charge in [0, 0.05) is 0 Å². The zero-order valence-corrected chi connectivity index (χ0v) is 8.50. The third kappa shape index (κ3) is 4.00. The van der Waals surface area contributed by atoms with E-state index >= 15 is 0 Å². The van der Waals surface area contributed by atoms with Crippen molar-refractivity contribution in [3.05, 3.63) is 0 Å². The van der Waals surface area contributed by atoms with Crippen molar-refractivity contribution in [1.29, 1.82) is 0 Å². The average Bonchev–Trinajstić information content (AvgIpc) is 2.32. The topological polar surface area (TPSA) is 179 Å². The van der Waals surface area contributed by atoms with Crippen molar-refractivity contribution < 1.29 is 45.3 Å². The van der Waals surface area contributed by atoms with Gasteiger partial charge in [0.1, 0.15) is 37.1 Å². The molecule has 0 bridgehead atoms. The lowest BCUT2D eigenvalue weighted by Crippen LogP contribution is -2.55. The summed E-state index contributed by atoms with van der Waals surface area (Å²) in [7, 11) is 0. The van der Waals surface area contributed by atoms with Gasteiger partial charge in [-0.1, -0.05) is 0 Å². The van der Waals surface area contributed by atoms with E-state index in [9.17, 15) is 24.9 Å². The summed E-state index contributed by atoms with van der Waals surface area (Å²) >= 11 is 0. The summed E-state index contributed by atoms with van der Waals surface area (Å²) in [4.78, 5) is 20.9. The van der Waals surface area contributed by atoms with Gasteiger partial charge in [-0.3, -0.25) is 4.79 Å². The molecule has 5 atom stereocenters. The van der Waals surface area contributed by atoms with Crippen LogP contribution in [0.25, 0.3) is 0 Å². The van der Waals surface area contributed by atoms with Crippen LogP contribution in [0.2, 0.25) is 0 Å². The lowest BCUT2D eigenvalue weighted by Gasteiger charge is -2.28. The van der Waals surface area contributed by atoms with Crippen LogP contribution in [-0.2, 0) is 9.59 Å². The fourth-order valence-electron chi connectivity index (χ4n) is 0.999. The van der Waals surface area contributed by atoms with Gasteiger partial charge in [0.05, 0.1) is 5.97 Å². The van der Waals surface area contributed by atoms with Crippen molar-refractivity contribution >= 4 is 11.8 Å². The molecule has 100 valence electrons. The Kier molecular flexibility index (Phi) is 6.16. The van der Waals surface area contributed by atoms with Gasteiger partial charge in [-0.25, -0.2) is 0 Å². The highest BCUT2D eigenvalue weighted by atomic mass is 16.4. The predicted octanol–water partition coefficient (Wildman–Crippen LogP) is -5.90. The van der Waals surface area contributed by atoms with E-state index in [0.717, 1.165) is 0 Å². The maximum atomic E-state index is 10.7. The third-order valence-corrected chi connectivity index (χ3v) is 2.07. The summed E-state index contributed by atoms with van der Waals surface area (Å²) in [5.74, 6) is -3.35. The van der Waals surface area contributed by atoms with E-state index in [1.807, 2.05) is 0 Å². The van der Waals surface area contributed by atoms with Crippen LogP contribution in [0, 0.1) is 0 Å². The Balaban J connectivity index is 4.63. The number of carbonyl (C=O) groups excluding carboxylic acids is 2. The largest absolute Gasteiger partial charge is 0.547 e. The molecule has 9 heteroatoms. The zero-order valence-electron chi connectivity index (χ0n) is 8.50. The molecule has 0 aliphatic rings. The molecule has 0 unspecified atom stereocenters. The maximum absolute atomic E-state index is 10.7. The Morgan fingerprint density at radius 1 is 0.882 bits per heavy atom.